The number of amides is 1. The van der Waals surface area contributed by atoms with Crippen molar-refractivity contribution in [2.75, 3.05) is 31.1 Å². The van der Waals surface area contributed by atoms with Crippen molar-refractivity contribution in [3.05, 3.63) is 53.7 Å². The van der Waals surface area contributed by atoms with Gasteiger partial charge in [-0.3, -0.25) is 4.79 Å². The van der Waals surface area contributed by atoms with Crippen LogP contribution in [0.25, 0.3) is 0 Å². The minimum absolute atomic E-state index is 0.0504. The van der Waals surface area contributed by atoms with Gasteiger partial charge in [-0.2, -0.15) is 9.57 Å². The van der Waals surface area contributed by atoms with Crippen LogP contribution in [0.1, 0.15) is 43.2 Å². The molecule has 0 radical (unpaired) electrons. The molecule has 174 valence electrons. The van der Waals surface area contributed by atoms with E-state index in [1.807, 2.05) is 24.4 Å². The monoisotopic (exact) mass is 467 g/mol. The third-order valence-electron chi connectivity index (χ3n) is 6.40. The van der Waals surface area contributed by atoms with Gasteiger partial charge in [0.05, 0.1) is 16.5 Å². The number of hydrogen-bond donors (Lipinski definition) is 1. The van der Waals surface area contributed by atoms with Crippen molar-refractivity contribution in [3.8, 4) is 6.07 Å². The molecule has 2 aliphatic rings. The second-order valence-corrected chi connectivity index (χ2v) is 10.5. The summed E-state index contributed by atoms with van der Waals surface area (Å²) in [5.74, 6) is 0.726. The van der Waals surface area contributed by atoms with E-state index in [1.54, 1.807) is 0 Å². The van der Waals surface area contributed by atoms with Crippen LogP contribution < -0.4 is 10.2 Å². The Bertz CT molecular complexity index is 1100. The van der Waals surface area contributed by atoms with E-state index in [2.05, 4.69) is 15.2 Å². The molecule has 2 aliphatic heterocycles. The van der Waals surface area contributed by atoms with Crippen LogP contribution in [-0.2, 0) is 21.4 Å². The standard InChI is InChI=1S/C24H29N5O3S/c25-16-19-4-7-22(8-5-19)33(31,32)29-14-10-21(11-15-29)24(30)27-18-20-6-9-23(26-17-20)28-12-2-1-3-13-28/h4-9,17,21H,1-3,10-15,18H2,(H,27,30). The molecule has 9 heteroatoms. The van der Waals surface area contributed by atoms with Gasteiger partial charge in [0.15, 0.2) is 0 Å². The predicted molar refractivity (Wildman–Crippen MR) is 125 cm³/mol. The zero-order valence-electron chi connectivity index (χ0n) is 18.6. The van der Waals surface area contributed by atoms with Crippen LogP contribution in [0.2, 0.25) is 0 Å². The molecule has 0 spiro atoms. The summed E-state index contributed by atoms with van der Waals surface area (Å²) in [4.78, 5) is 19.7. The van der Waals surface area contributed by atoms with E-state index in [0.717, 1.165) is 24.5 Å². The summed E-state index contributed by atoms with van der Waals surface area (Å²) in [7, 11) is -3.62. The molecule has 2 aromatic rings. The normalized spacial score (nSPS) is 18.0. The van der Waals surface area contributed by atoms with Gasteiger partial charge in [-0.15, -0.1) is 0 Å². The average molecular weight is 468 g/mol. The zero-order valence-corrected chi connectivity index (χ0v) is 19.4. The van der Waals surface area contributed by atoms with Gasteiger partial charge >= 0.3 is 0 Å². The van der Waals surface area contributed by atoms with Crippen LogP contribution in [0.3, 0.4) is 0 Å². The molecular weight excluding hydrogens is 438 g/mol. The quantitative estimate of drug-likeness (QED) is 0.700. The molecule has 1 aromatic carbocycles. The van der Waals surface area contributed by atoms with E-state index in [9.17, 15) is 13.2 Å². The maximum Gasteiger partial charge on any atom is 0.243 e. The summed E-state index contributed by atoms with van der Waals surface area (Å²) < 4.78 is 27.1. The van der Waals surface area contributed by atoms with E-state index in [4.69, 9.17) is 5.26 Å². The number of anilines is 1. The van der Waals surface area contributed by atoms with Crippen molar-refractivity contribution in [3.63, 3.8) is 0 Å². The van der Waals surface area contributed by atoms with Crippen LogP contribution in [0, 0.1) is 17.2 Å². The molecule has 0 unspecified atom stereocenters. The first kappa shape index (κ1) is 23.2. The Hall–Kier alpha value is -2.96. The molecule has 0 saturated carbocycles. The summed E-state index contributed by atoms with van der Waals surface area (Å²) in [6.07, 6.45) is 6.46. The van der Waals surface area contributed by atoms with Crippen LogP contribution in [0.4, 0.5) is 5.82 Å². The highest BCUT2D eigenvalue weighted by Crippen LogP contribution is 2.24. The van der Waals surface area contributed by atoms with Crippen LogP contribution in [0.15, 0.2) is 47.5 Å². The molecule has 1 aromatic heterocycles. The Balaban J connectivity index is 1.26. The number of carbonyl (C=O) groups excluding carboxylic acids is 1. The van der Waals surface area contributed by atoms with E-state index in [0.29, 0.717) is 38.0 Å². The van der Waals surface area contributed by atoms with Gasteiger partial charge in [0.25, 0.3) is 0 Å². The van der Waals surface area contributed by atoms with Crippen molar-refractivity contribution in [2.24, 2.45) is 5.92 Å². The van der Waals surface area contributed by atoms with Gasteiger partial charge in [0, 0.05) is 44.8 Å². The van der Waals surface area contributed by atoms with Gasteiger partial charge in [-0.05, 0) is 68.0 Å². The lowest BCUT2D eigenvalue weighted by atomic mass is 9.97. The highest BCUT2D eigenvalue weighted by Gasteiger charge is 2.32. The van der Waals surface area contributed by atoms with Crippen molar-refractivity contribution in [1.82, 2.24) is 14.6 Å². The Morgan fingerprint density at radius 1 is 1.03 bits per heavy atom. The summed E-state index contributed by atoms with van der Waals surface area (Å²) in [5.41, 5.74) is 1.37. The molecule has 1 N–H and O–H groups in total. The lowest BCUT2D eigenvalue weighted by Gasteiger charge is -2.30. The Labute approximate surface area is 195 Å². The largest absolute Gasteiger partial charge is 0.357 e. The van der Waals surface area contributed by atoms with Crippen molar-refractivity contribution in [2.45, 2.75) is 43.5 Å². The predicted octanol–water partition coefficient (Wildman–Crippen LogP) is 2.66. The third kappa shape index (κ3) is 5.52. The van der Waals surface area contributed by atoms with E-state index in [-0.39, 0.29) is 16.7 Å². The highest BCUT2D eigenvalue weighted by molar-refractivity contribution is 7.89. The smallest absolute Gasteiger partial charge is 0.243 e. The molecule has 0 bridgehead atoms. The second-order valence-electron chi connectivity index (χ2n) is 8.60. The van der Waals surface area contributed by atoms with Crippen molar-refractivity contribution >= 4 is 21.7 Å². The Morgan fingerprint density at radius 2 is 1.73 bits per heavy atom. The number of carbonyl (C=O) groups is 1. The number of rotatable bonds is 6. The first-order valence-electron chi connectivity index (χ1n) is 11.5. The average Bonchev–Trinajstić information content (AvgIpc) is 2.88. The number of sulfonamides is 1. The maximum atomic E-state index is 12.8. The zero-order chi connectivity index (χ0) is 23.3. The molecule has 1 amide bonds. The van der Waals surface area contributed by atoms with Gasteiger partial charge < -0.3 is 10.2 Å². The number of nitriles is 1. The fraction of sp³-hybridized carbons (Fsp3) is 0.458. The minimum atomic E-state index is -3.62. The van der Waals surface area contributed by atoms with Crippen molar-refractivity contribution in [1.29, 1.82) is 5.26 Å². The first-order chi connectivity index (χ1) is 16.0. The summed E-state index contributed by atoms with van der Waals surface area (Å²) in [6, 6.07) is 11.9. The molecule has 33 heavy (non-hydrogen) atoms. The molecule has 2 saturated heterocycles. The topological polar surface area (TPSA) is 106 Å². The van der Waals surface area contributed by atoms with Crippen molar-refractivity contribution < 1.29 is 13.2 Å². The van der Waals surface area contributed by atoms with Crippen LogP contribution in [-0.4, -0.2) is 49.8 Å². The molecule has 0 atom stereocenters. The third-order valence-corrected chi connectivity index (χ3v) is 8.31. The Kier molecular flexibility index (Phi) is 7.26. The lowest BCUT2D eigenvalue weighted by Crippen LogP contribution is -2.42. The number of pyridine rings is 1. The molecule has 3 heterocycles. The molecule has 4 rings (SSSR count). The minimum Gasteiger partial charge on any atom is -0.357 e. The Morgan fingerprint density at radius 3 is 2.33 bits per heavy atom. The second kappa shape index (κ2) is 10.3. The number of benzene rings is 1. The first-order valence-corrected chi connectivity index (χ1v) is 12.9. The van der Waals surface area contributed by atoms with Gasteiger partial charge in [-0.25, -0.2) is 13.4 Å². The molecule has 0 aliphatic carbocycles. The number of nitrogens with zero attached hydrogens (tertiary/aromatic N) is 4. The fourth-order valence-corrected chi connectivity index (χ4v) is 5.84. The lowest BCUT2D eigenvalue weighted by molar-refractivity contribution is -0.126. The van der Waals surface area contributed by atoms with Crippen LogP contribution in [0.5, 0.6) is 0 Å². The number of nitrogens with one attached hydrogen (secondary N) is 1. The van der Waals surface area contributed by atoms with E-state index < -0.39 is 10.0 Å². The fourth-order valence-electron chi connectivity index (χ4n) is 4.37. The summed E-state index contributed by atoms with van der Waals surface area (Å²) >= 11 is 0. The summed E-state index contributed by atoms with van der Waals surface area (Å²) in [5, 5.41) is 11.9. The SMILES string of the molecule is N#Cc1ccc(S(=O)(=O)N2CCC(C(=O)NCc3ccc(N4CCCCC4)nc3)CC2)cc1. The van der Waals surface area contributed by atoms with E-state index >= 15 is 0 Å². The number of piperidine rings is 2. The van der Waals surface area contributed by atoms with Gasteiger partial charge in [-0.1, -0.05) is 6.07 Å². The highest BCUT2D eigenvalue weighted by atomic mass is 32.2. The molecular formula is C24H29N5O3S. The van der Waals surface area contributed by atoms with Gasteiger partial charge in [0.2, 0.25) is 15.9 Å². The number of aromatic nitrogens is 1. The number of hydrogen-bond acceptors (Lipinski definition) is 6. The van der Waals surface area contributed by atoms with E-state index in [1.165, 1.54) is 47.8 Å². The molecule has 8 nitrogen and oxygen atoms in total. The van der Waals surface area contributed by atoms with Gasteiger partial charge in [0.1, 0.15) is 5.82 Å². The van der Waals surface area contributed by atoms with Crippen LogP contribution >= 0.6 is 0 Å². The molecule has 2 fully saturated rings. The maximum absolute atomic E-state index is 12.8. The summed E-state index contributed by atoms with van der Waals surface area (Å²) in [6.45, 7) is 3.10.